The Bertz CT molecular complexity index is 582. The van der Waals surface area contributed by atoms with Gasteiger partial charge in [-0.15, -0.1) is 0 Å². The van der Waals surface area contributed by atoms with Gasteiger partial charge in [-0.05, 0) is 24.5 Å². The van der Waals surface area contributed by atoms with Gasteiger partial charge in [0, 0.05) is 45.0 Å². The third-order valence-electron chi connectivity index (χ3n) is 4.61. The predicted molar refractivity (Wildman–Crippen MR) is 87.2 cm³/mol. The topological polar surface area (TPSA) is 64.1 Å². The van der Waals surface area contributed by atoms with E-state index < -0.39 is 11.8 Å². The molecule has 124 valence electrons. The Morgan fingerprint density at radius 3 is 2.48 bits per heavy atom. The number of aliphatic hydroxyl groups excluding tert-OH is 1. The number of hydrogen-bond acceptors (Lipinski definition) is 4. The zero-order chi connectivity index (χ0) is 16.2. The van der Waals surface area contributed by atoms with Crippen molar-refractivity contribution in [3.05, 3.63) is 29.8 Å². The lowest BCUT2D eigenvalue weighted by molar-refractivity contribution is -0.145. The second-order valence-corrected chi connectivity index (χ2v) is 6.05. The summed E-state index contributed by atoms with van der Waals surface area (Å²) < 4.78 is 0. The fourth-order valence-corrected chi connectivity index (χ4v) is 3.31. The van der Waals surface area contributed by atoms with Crippen LogP contribution in [-0.2, 0) is 16.0 Å². The summed E-state index contributed by atoms with van der Waals surface area (Å²) >= 11 is 0. The van der Waals surface area contributed by atoms with E-state index in [0.717, 1.165) is 24.1 Å². The SMILES string of the molecule is O=C(C(=O)N1CCCc2ccccc21)N1CCN(CCO)CC1. The van der Waals surface area contributed by atoms with Gasteiger partial charge in [0.25, 0.3) is 0 Å². The molecule has 2 heterocycles. The van der Waals surface area contributed by atoms with E-state index in [9.17, 15) is 9.59 Å². The highest BCUT2D eigenvalue weighted by molar-refractivity contribution is 6.40. The lowest BCUT2D eigenvalue weighted by Crippen LogP contribution is -2.54. The maximum absolute atomic E-state index is 12.6. The number of nitrogens with zero attached hydrogens (tertiary/aromatic N) is 3. The number of hydrogen-bond donors (Lipinski definition) is 1. The van der Waals surface area contributed by atoms with E-state index in [-0.39, 0.29) is 6.61 Å². The molecule has 0 atom stereocenters. The number of fused-ring (bicyclic) bond motifs is 1. The number of aliphatic hydroxyl groups is 1. The van der Waals surface area contributed by atoms with Gasteiger partial charge in [-0.25, -0.2) is 0 Å². The zero-order valence-corrected chi connectivity index (χ0v) is 13.3. The number of amides is 2. The van der Waals surface area contributed by atoms with Crippen LogP contribution in [0.15, 0.2) is 24.3 Å². The van der Waals surface area contributed by atoms with Crippen LogP contribution >= 0.6 is 0 Å². The molecular weight excluding hydrogens is 294 g/mol. The predicted octanol–water partition coefficient (Wildman–Crippen LogP) is 0.102. The van der Waals surface area contributed by atoms with Gasteiger partial charge in [-0.2, -0.15) is 0 Å². The van der Waals surface area contributed by atoms with Gasteiger partial charge in [0.1, 0.15) is 0 Å². The summed E-state index contributed by atoms with van der Waals surface area (Å²) in [5.74, 6) is -0.835. The Hall–Kier alpha value is -1.92. The van der Waals surface area contributed by atoms with Crippen LogP contribution < -0.4 is 4.90 Å². The maximum Gasteiger partial charge on any atom is 0.316 e. The number of carbonyl (C=O) groups excluding carboxylic acids is 2. The molecule has 6 nitrogen and oxygen atoms in total. The number of para-hydroxylation sites is 1. The second kappa shape index (κ2) is 7.10. The molecule has 23 heavy (non-hydrogen) atoms. The molecule has 2 aliphatic rings. The van der Waals surface area contributed by atoms with E-state index in [1.165, 1.54) is 0 Å². The van der Waals surface area contributed by atoms with E-state index in [2.05, 4.69) is 4.90 Å². The molecule has 1 saturated heterocycles. The van der Waals surface area contributed by atoms with E-state index in [4.69, 9.17) is 5.11 Å². The third kappa shape index (κ3) is 3.38. The molecule has 1 aromatic carbocycles. The van der Waals surface area contributed by atoms with Crippen molar-refractivity contribution in [3.8, 4) is 0 Å². The molecule has 1 N–H and O–H groups in total. The molecule has 0 radical (unpaired) electrons. The molecule has 6 heteroatoms. The van der Waals surface area contributed by atoms with Crippen molar-refractivity contribution < 1.29 is 14.7 Å². The van der Waals surface area contributed by atoms with Gasteiger partial charge in [-0.3, -0.25) is 14.5 Å². The Balaban J connectivity index is 1.66. The molecule has 0 aromatic heterocycles. The van der Waals surface area contributed by atoms with Gasteiger partial charge in [-0.1, -0.05) is 18.2 Å². The van der Waals surface area contributed by atoms with Crippen molar-refractivity contribution in [1.82, 2.24) is 9.80 Å². The highest BCUT2D eigenvalue weighted by Gasteiger charge is 2.32. The first kappa shape index (κ1) is 16.0. The first-order chi connectivity index (χ1) is 11.2. The Labute approximate surface area is 136 Å². The standard InChI is InChI=1S/C17H23N3O3/c21-13-12-18-8-10-19(11-9-18)16(22)17(23)20-7-3-5-14-4-1-2-6-15(14)20/h1-2,4,6,21H,3,5,7-13H2. The van der Waals surface area contributed by atoms with Crippen molar-refractivity contribution >= 4 is 17.5 Å². The van der Waals surface area contributed by atoms with Crippen LogP contribution in [0.2, 0.25) is 0 Å². The van der Waals surface area contributed by atoms with E-state index in [1.807, 2.05) is 24.3 Å². The molecule has 1 aromatic rings. The molecular formula is C17H23N3O3. The van der Waals surface area contributed by atoms with Crippen LogP contribution in [0.5, 0.6) is 0 Å². The number of carbonyl (C=O) groups is 2. The van der Waals surface area contributed by atoms with Crippen LogP contribution in [0.4, 0.5) is 5.69 Å². The second-order valence-electron chi connectivity index (χ2n) is 6.05. The minimum atomic E-state index is -0.423. The zero-order valence-electron chi connectivity index (χ0n) is 13.3. The summed E-state index contributed by atoms with van der Waals surface area (Å²) in [7, 11) is 0. The highest BCUT2D eigenvalue weighted by atomic mass is 16.3. The number of β-amino-alcohol motifs (C(OH)–C–C–N with tert-alkyl or cyclic N) is 1. The normalized spacial score (nSPS) is 18.7. The Morgan fingerprint density at radius 1 is 1.00 bits per heavy atom. The van der Waals surface area contributed by atoms with Crippen LogP contribution in [0.25, 0.3) is 0 Å². The molecule has 1 fully saturated rings. The van der Waals surface area contributed by atoms with Crippen molar-refractivity contribution in [1.29, 1.82) is 0 Å². The lowest BCUT2D eigenvalue weighted by Gasteiger charge is -2.36. The van der Waals surface area contributed by atoms with E-state index in [0.29, 0.717) is 39.3 Å². The summed E-state index contributed by atoms with van der Waals surface area (Å²) in [6.07, 6.45) is 1.84. The summed E-state index contributed by atoms with van der Waals surface area (Å²) in [4.78, 5) is 30.5. The van der Waals surface area contributed by atoms with Gasteiger partial charge < -0.3 is 14.9 Å². The largest absolute Gasteiger partial charge is 0.395 e. The number of aryl methyl sites for hydroxylation is 1. The molecule has 0 aliphatic carbocycles. The number of benzene rings is 1. The average Bonchev–Trinajstić information content (AvgIpc) is 2.61. The molecule has 2 amide bonds. The van der Waals surface area contributed by atoms with E-state index >= 15 is 0 Å². The fraction of sp³-hybridized carbons (Fsp3) is 0.529. The van der Waals surface area contributed by atoms with Crippen molar-refractivity contribution in [2.75, 3.05) is 50.8 Å². The summed E-state index contributed by atoms with van der Waals surface area (Å²) in [5, 5.41) is 8.96. The smallest absolute Gasteiger partial charge is 0.316 e. The number of piperazine rings is 1. The molecule has 2 aliphatic heterocycles. The lowest BCUT2D eigenvalue weighted by atomic mass is 10.0. The molecule has 0 saturated carbocycles. The Morgan fingerprint density at radius 2 is 1.74 bits per heavy atom. The number of rotatable bonds is 2. The Kier molecular flexibility index (Phi) is 4.93. The van der Waals surface area contributed by atoms with E-state index in [1.54, 1.807) is 9.80 Å². The summed E-state index contributed by atoms with van der Waals surface area (Å²) in [6.45, 7) is 3.84. The van der Waals surface area contributed by atoms with Crippen LogP contribution in [0.3, 0.4) is 0 Å². The number of anilines is 1. The minimum absolute atomic E-state index is 0.122. The van der Waals surface area contributed by atoms with Gasteiger partial charge in [0.15, 0.2) is 0 Å². The third-order valence-corrected chi connectivity index (χ3v) is 4.61. The van der Waals surface area contributed by atoms with Crippen LogP contribution in [-0.4, -0.2) is 72.6 Å². The van der Waals surface area contributed by atoms with Gasteiger partial charge in [0.2, 0.25) is 0 Å². The summed E-state index contributed by atoms with van der Waals surface area (Å²) in [6, 6.07) is 7.81. The van der Waals surface area contributed by atoms with Crippen molar-refractivity contribution in [3.63, 3.8) is 0 Å². The first-order valence-electron chi connectivity index (χ1n) is 8.22. The fourth-order valence-electron chi connectivity index (χ4n) is 3.31. The molecule has 3 rings (SSSR count). The molecule has 0 bridgehead atoms. The summed E-state index contributed by atoms with van der Waals surface area (Å²) in [5.41, 5.74) is 2.00. The minimum Gasteiger partial charge on any atom is -0.395 e. The molecule has 0 spiro atoms. The van der Waals surface area contributed by atoms with Gasteiger partial charge >= 0.3 is 11.8 Å². The highest BCUT2D eigenvalue weighted by Crippen LogP contribution is 2.27. The molecule has 0 unspecified atom stereocenters. The monoisotopic (exact) mass is 317 g/mol. The average molecular weight is 317 g/mol. The first-order valence-corrected chi connectivity index (χ1v) is 8.22. The van der Waals surface area contributed by atoms with Crippen LogP contribution in [0, 0.1) is 0 Å². The van der Waals surface area contributed by atoms with Gasteiger partial charge in [0.05, 0.1) is 6.61 Å². The van der Waals surface area contributed by atoms with Crippen molar-refractivity contribution in [2.24, 2.45) is 0 Å². The quantitative estimate of drug-likeness (QED) is 0.786. The van der Waals surface area contributed by atoms with Crippen molar-refractivity contribution in [2.45, 2.75) is 12.8 Å². The maximum atomic E-state index is 12.6. The van der Waals surface area contributed by atoms with Crippen LogP contribution in [0.1, 0.15) is 12.0 Å².